The number of amides is 4. The quantitative estimate of drug-likeness (QED) is 0.659. The Morgan fingerprint density at radius 3 is 2.84 bits per heavy atom. The number of imide groups is 1. The molecular formula is C21H21F3N4O3S. The molecule has 1 saturated heterocycles. The molecule has 1 aliphatic carbocycles. The zero-order valence-corrected chi connectivity index (χ0v) is 18.0. The summed E-state index contributed by atoms with van der Waals surface area (Å²) < 4.78 is 38.8. The average Bonchev–Trinajstić information content (AvgIpc) is 3.29. The molecule has 2 N–H and O–H groups in total. The van der Waals surface area contributed by atoms with Crippen LogP contribution in [0.2, 0.25) is 0 Å². The Bertz CT molecular complexity index is 1070. The lowest BCUT2D eigenvalue weighted by molar-refractivity contribution is -0.137. The van der Waals surface area contributed by atoms with E-state index < -0.39 is 41.7 Å². The Hall–Kier alpha value is -2.95. The summed E-state index contributed by atoms with van der Waals surface area (Å²) in [5, 5.41) is 6.99. The molecule has 4 rings (SSSR count). The molecule has 1 spiro atoms. The second-order valence-corrected chi connectivity index (χ2v) is 8.96. The summed E-state index contributed by atoms with van der Waals surface area (Å²) in [5.41, 5.74) is -1.20. The van der Waals surface area contributed by atoms with Crippen LogP contribution >= 0.6 is 11.3 Å². The van der Waals surface area contributed by atoms with Gasteiger partial charge in [-0.15, -0.1) is 11.3 Å². The number of alkyl halides is 3. The maximum absolute atomic E-state index is 13.0. The zero-order chi connectivity index (χ0) is 23.1. The number of carbonyl (C=O) groups excluding carboxylic acids is 3. The average molecular weight is 466 g/mol. The van der Waals surface area contributed by atoms with Crippen LogP contribution in [-0.4, -0.2) is 39.8 Å². The van der Waals surface area contributed by atoms with E-state index >= 15 is 0 Å². The van der Waals surface area contributed by atoms with Crippen LogP contribution in [0.25, 0.3) is 11.3 Å². The van der Waals surface area contributed by atoms with Gasteiger partial charge in [-0.3, -0.25) is 14.5 Å². The van der Waals surface area contributed by atoms with Crippen molar-refractivity contribution < 1.29 is 27.6 Å². The van der Waals surface area contributed by atoms with Gasteiger partial charge in [-0.2, -0.15) is 13.2 Å². The minimum Gasteiger partial charge on any atom is -0.323 e. The first kappa shape index (κ1) is 22.3. The summed E-state index contributed by atoms with van der Waals surface area (Å²) in [6.07, 6.45) is -1.29. The Labute approximate surface area is 186 Å². The summed E-state index contributed by atoms with van der Waals surface area (Å²) in [7, 11) is 0. The number of thiazole rings is 1. The van der Waals surface area contributed by atoms with Crippen LogP contribution in [0.5, 0.6) is 0 Å². The summed E-state index contributed by atoms with van der Waals surface area (Å²) in [6.45, 7) is 1.46. The third-order valence-electron chi connectivity index (χ3n) is 6.04. The van der Waals surface area contributed by atoms with E-state index in [1.54, 1.807) is 0 Å². The third kappa shape index (κ3) is 4.08. The van der Waals surface area contributed by atoms with Crippen molar-refractivity contribution in [1.82, 2.24) is 15.2 Å². The highest BCUT2D eigenvalue weighted by Gasteiger charge is 2.55. The molecule has 2 unspecified atom stereocenters. The molecule has 170 valence electrons. The van der Waals surface area contributed by atoms with Gasteiger partial charge in [0.2, 0.25) is 5.91 Å². The summed E-state index contributed by atoms with van der Waals surface area (Å²) in [4.78, 5) is 42.9. The SMILES string of the molecule is CC1CCCCC12NC(=O)N(CC(=O)Nc1nc(-c3cccc(C(F)(F)F)c3)cs1)C2=O. The molecule has 2 atom stereocenters. The molecule has 1 aliphatic heterocycles. The molecule has 2 aromatic rings. The van der Waals surface area contributed by atoms with Crippen molar-refractivity contribution >= 4 is 34.3 Å². The van der Waals surface area contributed by atoms with Crippen LogP contribution in [0.15, 0.2) is 29.6 Å². The topological polar surface area (TPSA) is 91.4 Å². The third-order valence-corrected chi connectivity index (χ3v) is 6.80. The predicted octanol–water partition coefficient (Wildman–Crippen LogP) is 4.27. The number of halogens is 3. The van der Waals surface area contributed by atoms with E-state index in [-0.39, 0.29) is 22.3 Å². The maximum Gasteiger partial charge on any atom is 0.416 e. The van der Waals surface area contributed by atoms with Gasteiger partial charge < -0.3 is 10.6 Å². The molecule has 1 aromatic heterocycles. The number of urea groups is 1. The highest BCUT2D eigenvalue weighted by Crippen LogP contribution is 2.38. The van der Waals surface area contributed by atoms with Gasteiger partial charge >= 0.3 is 12.2 Å². The highest BCUT2D eigenvalue weighted by atomic mass is 32.1. The van der Waals surface area contributed by atoms with Crippen LogP contribution in [0, 0.1) is 5.92 Å². The standard InChI is InChI=1S/C21H21F3N4O3S/c1-12-5-2-3-8-20(12)17(30)28(19(31)27-20)10-16(29)26-18-25-15(11-32-18)13-6-4-7-14(9-13)21(22,23)24/h4,6-7,9,11-12H,2-3,5,8,10H2,1H3,(H,27,31)(H,25,26,29). The molecule has 1 saturated carbocycles. The van der Waals surface area contributed by atoms with Gasteiger partial charge in [0, 0.05) is 10.9 Å². The minimum atomic E-state index is -4.47. The summed E-state index contributed by atoms with van der Waals surface area (Å²) >= 11 is 1.04. The fraction of sp³-hybridized carbons (Fsp3) is 0.429. The molecular weight excluding hydrogens is 445 g/mol. The lowest BCUT2D eigenvalue weighted by atomic mass is 9.73. The lowest BCUT2D eigenvalue weighted by Gasteiger charge is -2.36. The monoisotopic (exact) mass is 466 g/mol. The van der Waals surface area contributed by atoms with E-state index in [1.807, 2.05) is 6.92 Å². The van der Waals surface area contributed by atoms with Crippen LogP contribution in [0.1, 0.15) is 38.2 Å². The van der Waals surface area contributed by atoms with Gasteiger partial charge in [0.25, 0.3) is 5.91 Å². The van der Waals surface area contributed by atoms with E-state index in [1.165, 1.54) is 17.5 Å². The van der Waals surface area contributed by atoms with Crippen LogP contribution < -0.4 is 10.6 Å². The van der Waals surface area contributed by atoms with Gasteiger partial charge in [-0.1, -0.05) is 31.9 Å². The predicted molar refractivity (Wildman–Crippen MR) is 112 cm³/mol. The smallest absolute Gasteiger partial charge is 0.323 e. The van der Waals surface area contributed by atoms with Gasteiger partial charge in [-0.25, -0.2) is 9.78 Å². The molecule has 11 heteroatoms. The summed E-state index contributed by atoms with van der Waals surface area (Å²) in [6, 6.07) is 4.14. The fourth-order valence-electron chi connectivity index (χ4n) is 4.26. The second-order valence-electron chi connectivity index (χ2n) is 8.10. The number of hydrogen-bond acceptors (Lipinski definition) is 5. The van der Waals surface area contributed by atoms with Gasteiger partial charge in [-0.05, 0) is 30.9 Å². The number of rotatable bonds is 4. The van der Waals surface area contributed by atoms with Gasteiger partial charge in [0.1, 0.15) is 12.1 Å². The van der Waals surface area contributed by atoms with Gasteiger partial charge in [0.05, 0.1) is 11.3 Å². The molecule has 32 heavy (non-hydrogen) atoms. The van der Waals surface area contributed by atoms with Crippen LogP contribution in [-0.2, 0) is 15.8 Å². The molecule has 2 fully saturated rings. The number of carbonyl (C=O) groups is 3. The van der Waals surface area contributed by atoms with Crippen molar-refractivity contribution in [2.24, 2.45) is 5.92 Å². The number of nitrogens with zero attached hydrogens (tertiary/aromatic N) is 2. The van der Waals surface area contributed by atoms with Crippen LogP contribution in [0.4, 0.5) is 23.1 Å². The van der Waals surface area contributed by atoms with Crippen molar-refractivity contribution in [1.29, 1.82) is 0 Å². The number of anilines is 1. The van der Waals surface area contributed by atoms with Crippen molar-refractivity contribution in [3.05, 3.63) is 35.2 Å². The largest absolute Gasteiger partial charge is 0.416 e. The van der Waals surface area contributed by atoms with Crippen LogP contribution in [0.3, 0.4) is 0 Å². The first-order valence-electron chi connectivity index (χ1n) is 10.2. The molecule has 0 radical (unpaired) electrons. The van der Waals surface area contributed by atoms with Crippen molar-refractivity contribution in [3.63, 3.8) is 0 Å². The lowest BCUT2D eigenvalue weighted by Crippen LogP contribution is -2.54. The number of hydrogen-bond donors (Lipinski definition) is 2. The molecule has 4 amide bonds. The molecule has 2 aliphatic rings. The van der Waals surface area contributed by atoms with E-state index in [4.69, 9.17) is 0 Å². The molecule has 0 bridgehead atoms. The van der Waals surface area contributed by atoms with E-state index in [2.05, 4.69) is 15.6 Å². The van der Waals surface area contributed by atoms with Gasteiger partial charge in [0.15, 0.2) is 5.13 Å². The molecule has 2 heterocycles. The Morgan fingerprint density at radius 1 is 1.34 bits per heavy atom. The Morgan fingerprint density at radius 2 is 2.12 bits per heavy atom. The highest BCUT2D eigenvalue weighted by molar-refractivity contribution is 7.14. The Balaban J connectivity index is 1.43. The maximum atomic E-state index is 13.0. The first-order valence-corrected chi connectivity index (χ1v) is 11.1. The fourth-order valence-corrected chi connectivity index (χ4v) is 5.00. The number of benzene rings is 1. The minimum absolute atomic E-state index is 0.0188. The molecule has 7 nitrogen and oxygen atoms in total. The normalized spacial score (nSPS) is 23.5. The van der Waals surface area contributed by atoms with E-state index in [9.17, 15) is 27.6 Å². The summed E-state index contributed by atoms with van der Waals surface area (Å²) in [5.74, 6) is -1.03. The first-order chi connectivity index (χ1) is 15.1. The number of aromatic nitrogens is 1. The Kier molecular flexibility index (Phi) is 5.70. The van der Waals surface area contributed by atoms with E-state index in [0.717, 1.165) is 47.6 Å². The second kappa shape index (κ2) is 8.19. The van der Waals surface area contributed by atoms with E-state index in [0.29, 0.717) is 6.42 Å². The van der Waals surface area contributed by atoms with Crippen molar-refractivity contribution in [2.45, 2.75) is 44.3 Å². The molecule has 1 aromatic carbocycles. The van der Waals surface area contributed by atoms with Crippen molar-refractivity contribution in [2.75, 3.05) is 11.9 Å². The number of nitrogens with one attached hydrogen (secondary N) is 2. The zero-order valence-electron chi connectivity index (χ0n) is 17.2. The van der Waals surface area contributed by atoms with Crippen molar-refractivity contribution in [3.8, 4) is 11.3 Å².